The van der Waals surface area contributed by atoms with E-state index in [-0.39, 0.29) is 0 Å². The Morgan fingerprint density at radius 3 is 2.42 bits per heavy atom. The molecule has 3 aromatic rings. The maximum atomic E-state index is 6.50. The summed E-state index contributed by atoms with van der Waals surface area (Å²) in [6, 6.07) is 19.4. The Balaban J connectivity index is 1.91. The van der Waals surface area contributed by atoms with Crippen molar-refractivity contribution in [2.45, 2.75) is 32.6 Å². The van der Waals surface area contributed by atoms with E-state index in [4.69, 9.17) is 11.6 Å². The van der Waals surface area contributed by atoms with E-state index in [1.165, 1.54) is 51.3 Å². The highest BCUT2D eigenvalue weighted by Crippen LogP contribution is 2.26. The van der Waals surface area contributed by atoms with Gasteiger partial charge in [-0.05, 0) is 76.2 Å². The zero-order valence-corrected chi connectivity index (χ0v) is 15.7. The van der Waals surface area contributed by atoms with Gasteiger partial charge in [-0.3, -0.25) is 0 Å². The van der Waals surface area contributed by atoms with Crippen molar-refractivity contribution in [3.05, 3.63) is 91.6 Å². The Morgan fingerprint density at radius 1 is 0.731 bits per heavy atom. The molecule has 0 radical (unpaired) electrons. The summed E-state index contributed by atoms with van der Waals surface area (Å²) in [5.41, 5.74) is 7.01. The summed E-state index contributed by atoms with van der Waals surface area (Å²) in [7, 11) is 0. The van der Waals surface area contributed by atoms with Gasteiger partial charge in [-0.15, -0.1) is 0 Å². The number of rotatable bonds is 1. The van der Waals surface area contributed by atoms with E-state index < -0.39 is 0 Å². The lowest BCUT2D eigenvalue weighted by Gasteiger charge is -2.19. The van der Waals surface area contributed by atoms with E-state index in [1.54, 1.807) is 11.1 Å². The van der Waals surface area contributed by atoms with Gasteiger partial charge in [-0.2, -0.15) is 0 Å². The molecule has 0 heterocycles. The third-order valence-corrected chi connectivity index (χ3v) is 6.27. The van der Waals surface area contributed by atoms with Crippen molar-refractivity contribution in [2.75, 3.05) is 0 Å². The lowest BCUT2D eigenvalue weighted by atomic mass is 9.85. The van der Waals surface area contributed by atoms with Gasteiger partial charge < -0.3 is 0 Å². The van der Waals surface area contributed by atoms with Crippen LogP contribution in [-0.4, -0.2) is 0 Å². The molecule has 0 saturated carbocycles. The van der Waals surface area contributed by atoms with Crippen LogP contribution in [0.2, 0.25) is 5.02 Å². The molecule has 2 aliphatic carbocycles. The molecular weight excluding hydrogens is 336 g/mol. The molecule has 1 heteroatoms. The molecular formula is C25H21Cl. The normalized spacial score (nSPS) is 14.9. The molecule has 0 atom stereocenters. The quantitative estimate of drug-likeness (QED) is 0.566. The van der Waals surface area contributed by atoms with E-state index >= 15 is 0 Å². The number of hydrogen-bond acceptors (Lipinski definition) is 0. The van der Waals surface area contributed by atoms with Gasteiger partial charge in [0.05, 0.1) is 0 Å². The zero-order valence-electron chi connectivity index (χ0n) is 15.0. The van der Waals surface area contributed by atoms with Gasteiger partial charge in [-0.25, -0.2) is 0 Å². The molecule has 0 fully saturated rings. The average Bonchev–Trinajstić information content (AvgIpc) is 2.68. The van der Waals surface area contributed by atoms with Gasteiger partial charge in [0.15, 0.2) is 0 Å². The van der Waals surface area contributed by atoms with Crippen molar-refractivity contribution in [1.29, 1.82) is 0 Å². The average molecular weight is 357 g/mol. The number of halogens is 1. The van der Waals surface area contributed by atoms with E-state index in [0.717, 1.165) is 17.0 Å². The SMILES string of the molecule is CC1=c2ccc3c(c2CCC1)CC=c1c(-c2ccccc2Cl)cccc1=3. The summed E-state index contributed by atoms with van der Waals surface area (Å²) in [6.07, 6.45) is 7.15. The molecule has 128 valence electrons. The van der Waals surface area contributed by atoms with Gasteiger partial charge in [0, 0.05) is 10.6 Å². The highest BCUT2D eigenvalue weighted by atomic mass is 35.5. The van der Waals surface area contributed by atoms with Crippen LogP contribution in [0.15, 0.2) is 54.6 Å². The van der Waals surface area contributed by atoms with Crippen molar-refractivity contribution >= 4 is 23.3 Å². The Kier molecular flexibility index (Phi) is 3.76. The second-order valence-electron chi connectivity index (χ2n) is 7.41. The predicted octanol–water partition coefficient (Wildman–Crippen LogP) is 5.14. The third kappa shape index (κ3) is 2.36. The Bertz CT molecular complexity index is 1250. The second-order valence-corrected chi connectivity index (χ2v) is 7.81. The van der Waals surface area contributed by atoms with Gasteiger partial charge in [0.1, 0.15) is 0 Å². The molecule has 0 aromatic heterocycles. The lowest BCUT2D eigenvalue weighted by molar-refractivity contribution is 0.805. The number of hydrogen-bond donors (Lipinski definition) is 0. The molecule has 0 unspecified atom stereocenters. The van der Waals surface area contributed by atoms with Crippen molar-refractivity contribution in [3.8, 4) is 11.1 Å². The van der Waals surface area contributed by atoms with Crippen LogP contribution < -0.4 is 10.4 Å². The molecule has 0 nitrogen and oxygen atoms in total. The smallest absolute Gasteiger partial charge is 0.0484 e. The molecule has 0 amide bonds. The Labute approximate surface area is 158 Å². The topological polar surface area (TPSA) is 0 Å². The van der Waals surface area contributed by atoms with Crippen molar-refractivity contribution in [3.63, 3.8) is 0 Å². The largest absolute Gasteiger partial charge is 0.0837 e. The molecule has 3 aromatic carbocycles. The first-order valence-electron chi connectivity index (χ1n) is 9.43. The molecule has 0 N–H and O–H groups in total. The summed E-state index contributed by atoms with van der Waals surface area (Å²) in [5.74, 6) is 0. The van der Waals surface area contributed by atoms with Crippen LogP contribution >= 0.6 is 11.6 Å². The van der Waals surface area contributed by atoms with Crippen LogP contribution in [0.1, 0.15) is 30.9 Å². The lowest BCUT2D eigenvalue weighted by Crippen LogP contribution is -2.22. The molecule has 2 aliphatic rings. The summed E-state index contributed by atoms with van der Waals surface area (Å²) < 4.78 is 0. The third-order valence-electron chi connectivity index (χ3n) is 5.94. The maximum Gasteiger partial charge on any atom is 0.0484 e. The van der Waals surface area contributed by atoms with Crippen LogP contribution in [0, 0.1) is 10.4 Å². The van der Waals surface area contributed by atoms with Crippen molar-refractivity contribution in [2.24, 2.45) is 0 Å². The Hall–Kier alpha value is -2.31. The zero-order chi connectivity index (χ0) is 17.7. The van der Waals surface area contributed by atoms with Gasteiger partial charge in [0.2, 0.25) is 0 Å². The number of fused-ring (bicyclic) bond motifs is 4. The van der Waals surface area contributed by atoms with E-state index in [2.05, 4.69) is 55.5 Å². The minimum Gasteiger partial charge on any atom is -0.0837 e. The van der Waals surface area contributed by atoms with Gasteiger partial charge >= 0.3 is 0 Å². The van der Waals surface area contributed by atoms with Crippen LogP contribution in [0.4, 0.5) is 0 Å². The standard InChI is InChI=1S/C25H21Cl/c1-16-6-4-8-18-17(16)12-13-23-19-9-5-10-20(22(19)15-14-21(18)23)24-7-2-3-11-25(24)26/h2-3,5,7,9-13,15H,4,6,8,14H2,1H3. The fourth-order valence-electron chi connectivity index (χ4n) is 4.67. The molecule has 0 saturated heterocycles. The van der Waals surface area contributed by atoms with Gasteiger partial charge in [-0.1, -0.05) is 71.8 Å². The fourth-order valence-corrected chi connectivity index (χ4v) is 4.91. The maximum absolute atomic E-state index is 6.50. The first-order chi connectivity index (χ1) is 12.7. The van der Waals surface area contributed by atoms with Crippen LogP contribution in [-0.2, 0) is 12.8 Å². The van der Waals surface area contributed by atoms with Crippen LogP contribution in [0.5, 0.6) is 0 Å². The monoisotopic (exact) mass is 356 g/mol. The molecule has 0 bridgehead atoms. The van der Waals surface area contributed by atoms with Crippen molar-refractivity contribution < 1.29 is 0 Å². The molecule has 26 heavy (non-hydrogen) atoms. The van der Waals surface area contributed by atoms with Crippen LogP contribution in [0.25, 0.3) is 22.8 Å². The molecule has 0 spiro atoms. The minimum absolute atomic E-state index is 0.816. The highest BCUT2D eigenvalue weighted by molar-refractivity contribution is 6.33. The van der Waals surface area contributed by atoms with Gasteiger partial charge in [0.25, 0.3) is 0 Å². The van der Waals surface area contributed by atoms with Crippen LogP contribution in [0.3, 0.4) is 0 Å². The Morgan fingerprint density at radius 2 is 1.54 bits per heavy atom. The summed E-state index contributed by atoms with van der Waals surface area (Å²) in [6.45, 7) is 2.29. The number of benzene rings is 3. The first kappa shape index (κ1) is 15.9. The van der Waals surface area contributed by atoms with E-state index in [0.29, 0.717) is 0 Å². The van der Waals surface area contributed by atoms with E-state index in [9.17, 15) is 0 Å². The predicted molar refractivity (Wildman–Crippen MR) is 110 cm³/mol. The minimum atomic E-state index is 0.816. The second kappa shape index (κ2) is 6.14. The fraction of sp³-hybridized carbons (Fsp3) is 0.200. The van der Waals surface area contributed by atoms with Crippen molar-refractivity contribution in [1.82, 2.24) is 0 Å². The summed E-state index contributed by atoms with van der Waals surface area (Å²) in [4.78, 5) is 0. The summed E-state index contributed by atoms with van der Waals surface area (Å²) in [5, 5.41) is 6.38. The highest BCUT2D eigenvalue weighted by Gasteiger charge is 2.15. The molecule has 0 aliphatic heterocycles. The van der Waals surface area contributed by atoms with E-state index in [1.807, 2.05) is 12.1 Å². The molecule has 5 rings (SSSR count). The summed E-state index contributed by atoms with van der Waals surface area (Å²) >= 11 is 6.50. The first-order valence-corrected chi connectivity index (χ1v) is 9.81.